The van der Waals surface area contributed by atoms with Gasteiger partial charge in [-0.05, 0) is 49.7 Å². The highest BCUT2D eigenvalue weighted by Crippen LogP contribution is 2.38. The Hall–Kier alpha value is -5.12. The maximum Gasteiger partial charge on any atom is 0.284 e. The lowest BCUT2D eigenvalue weighted by Crippen LogP contribution is -2.25. The first-order valence-corrected chi connectivity index (χ1v) is 12.4. The summed E-state index contributed by atoms with van der Waals surface area (Å²) in [5.74, 6) is -0.0264. The van der Waals surface area contributed by atoms with Gasteiger partial charge in [-0.25, -0.2) is 9.07 Å². The molecule has 40 heavy (non-hydrogen) atoms. The Morgan fingerprint density at radius 1 is 0.925 bits per heavy atom. The molecule has 1 N–H and O–H groups in total. The van der Waals surface area contributed by atoms with Gasteiger partial charge in [0, 0.05) is 36.5 Å². The smallest absolute Gasteiger partial charge is 0.284 e. The lowest BCUT2D eigenvalue weighted by Gasteiger charge is -2.14. The number of halogens is 1. The fourth-order valence-corrected chi connectivity index (χ4v) is 4.54. The highest BCUT2D eigenvalue weighted by atomic mass is 19.1. The molecule has 0 aliphatic heterocycles. The Bertz CT molecular complexity index is 1810. The van der Waals surface area contributed by atoms with Crippen molar-refractivity contribution in [3.63, 3.8) is 0 Å². The SMILES string of the molecule is COc1cc2nccc(Oc3cc(C)c(NC(=O)c4c(C)n(C)n(-c5ccccc5)c4=O)cc3F)c2cc1OC. The molecular formula is C30H27FN4O5. The van der Waals surface area contributed by atoms with Crippen LogP contribution >= 0.6 is 0 Å². The molecule has 10 heteroatoms. The largest absolute Gasteiger partial charge is 0.493 e. The number of rotatable bonds is 7. The van der Waals surface area contributed by atoms with Crippen LogP contribution in [0.2, 0.25) is 0 Å². The quantitative estimate of drug-likeness (QED) is 0.290. The molecule has 2 aromatic heterocycles. The first-order valence-electron chi connectivity index (χ1n) is 12.4. The van der Waals surface area contributed by atoms with E-state index in [9.17, 15) is 9.59 Å². The fourth-order valence-electron chi connectivity index (χ4n) is 4.54. The van der Waals surface area contributed by atoms with Crippen LogP contribution in [-0.4, -0.2) is 34.5 Å². The minimum atomic E-state index is -0.696. The van der Waals surface area contributed by atoms with E-state index in [1.54, 1.807) is 62.1 Å². The van der Waals surface area contributed by atoms with E-state index < -0.39 is 17.3 Å². The molecule has 2 heterocycles. The number of aryl methyl sites for hydroxylation is 1. The van der Waals surface area contributed by atoms with E-state index in [1.165, 1.54) is 31.0 Å². The maximum atomic E-state index is 15.3. The highest BCUT2D eigenvalue weighted by Gasteiger charge is 2.23. The van der Waals surface area contributed by atoms with E-state index in [1.807, 2.05) is 18.2 Å². The zero-order chi connectivity index (χ0) is 28.6. The molecule has 0 bridgehead atoms. The molecule has 0 fully saturated rings. The number of anilines is 1. The average Bonchev–Trinajstić information content (AvgIpc) is 3.18. The number of hydrogen-bond donors (Lipinski definition) is 1. The number of hydrogen-bond acceptors (Lipinski definition) is 6. The number of fused-ring (bicyclic) bond motifs is 1. The van der Waals surface area contributed by atoms with Crippen LogP contribution < -0.4 is 25.1 Å². The average molecular weight is 543 g/mol. The number of nitrogens with zero attached hydrogens (tertiary/aromatic N) is 3. The summed E-state index contributed by atoms with van der Waals surface area (Å²) in [5.41, 5.74) is 1.93. The van der Waals surface area contributed by atoms with Gasteiger partial charge in [0.2, 0.25) is 0 Å². The van der Waals surface area contributed by atoms with Crippen molar-refractivity contribution in [3.05, 3.63) is 99.9 Å². The van der Waals surface area contributed by atoms with Crippen molar-refractivity contribution in [2.24, 2.45) is 7.05 Å². The van der Waals surface area contributed by atoms with Crippen LogP contribution in [0.25, 0.3) is 16.6 Å². The number of pyridine rings is 1. The van der Waals surface area contributed by atoms with Crippen LogP contribution in [0.15, 0.2) is 71.7 Å². The van der Waals surface area contributed by atoms with Gasteiger partial charge >= 0.3 is 0 Å². The number of benzene rings is 3. The van der Waals surface area contributed by atoms with Gasteiger partial charge in [0.05, 0.1) is 31.1 Å². The molecule has 3 aromatic carbocycles. The number of nitrogens with one attached hydrogen (secondary N) is 1. The van der Waals surface area contributed by atoms with Crippen molar-refractivity contribution in [2.75, 3.05) is 19.5 Å². The molecule has 5 rings (SSSR count). The molecule has 0 atom stereocenters. The summed E-state index contributed by atoms with van der Waals surface area (Å²) in [5, 5.41) is 3.29. The monoisotopic (exact) mass is 542 g/mol. The van der Waals surface area contributed by atoms with E-state index in [4.69, 9.17) is 14.2 Å². The predicted octanol–water partition coefficient (Wildman–Crippen LogP) is 5.54. The van der Waals surface area contributed by atoms with Gasteiger partial charge in [-0.2, -0.15) is 0 Å². The minimum Gasteiger partial charge on any atom is -0.493 e. The zero-order valence-corrected chi connectivity index (χ0v) is 22.6. The predicted molar refractivity (Wildman–Crippen MR) is 150 cm³/mol. The minimum absolute atomic E-state index is 0.0286. The van der Waals surface area contributed by atoms with Gasteiger partial charge in [-0.15, -0.1) is 0 Å². The number of carbonyl (C=O) groups is 1. The van der Waals surface area contributed by atoms with Crippen molar-refractivity contribution in [2.45, 2.75) is 13.8 Å². The Morgan fingerprint density at radius 2 is 1.62 bits per heavy atom. The van der Waals surface area contributed by atoms with E-state index in [0.717, 1.165) is 0 Å². The summed E-state index contributed by atoms with van der Waals surface area (Å²) >= 11 is 0. The summed E-state index contributed by atoms with van der Waals surface area (Å²) in [6.45, 7) is 3.39. The van der Waals surface area contributed by atoms with Crippen LogP contribution in [-0.2, 0) is 7.05 Å². The van der Waals surface area contributed by atoms with E-state index in [0.29, 0.717) is 45.1 Å². The molecule has 9 nitrogen and oxygen atoms in total. The van der Waals surface area contributed by atoms with Crippen LogP contribution in [0.5, 0.6) is 23.0 Å². The second kappa shape index (κ2) is 10.6. The third-order valence-electron chi connectivity index (χ3n) is 6.74. The lowest BCUT2D eigenvalue weighted by atomic mass is 10.1. The molecule has 0 unspecified atom stereocenters. The Balaban J connectivity index is 1.45. The van der Waals surface area contributed by atoms with E-state index >= 15 is 4.39 Å². The van der Waals surface area contributed by atoms with Crippen molar-refractivity contribution >= 4 is 22.5 Å². The Morgan fingerprint density at radius 3 is 2.33 bits per heavy atom. The van der Waals surface area contributed by atoms with Crippen molar-refractivity contribution in [1.82, 2.24) is 14.3 Å². The van der Waals surface area contributed by atoms with Crippen molar-refractivity contribution in [1.29, 1.82) is 0 Å². The zero-order valence-electron chi connectivity index (χ0n) is 22.6. The van der Waals surface area contributed by atoms with E-state index in [-0.39, 0.29) is 17.0 Å². The number of aromatic nitrogens is 3. The van der Waals surface area contributed by atoms with Gasteiger partial charge in [0.15, 0.2) is 23.1 Å². The topological polar surface area (TPSA) is 96.6 Å². The number of amides is 1. The van der Waals surface area contributed by atoms with Gasteiger partial charge in [-0.1, -0.05) is 18.2 Å². The molecule has 0 radical (unpaired) electrons. The summed E-state index contributed by atoms with van der Waals surface area (Å²) in [7, 11) is 4.75. The molecule has 5 aromatic rings. The molecule has 0 spiro atoms. The second-order valence-corrected chi connectivity index (χ2v) is 9.12. The van der Waals surface area contributed by atoms with Gasteiger partial charge in [0.1, 0.15) is 11.3 Å². The van der Waals surface area contributed by atoms with Gasteiger partial charge in [-0.3, -0.25) is 19.3 Å². The molecule has 0 aliphatic rings. The van der Waals surface area contributed by atoms with Crippen LogP contribution in [0, 0.1) is 19.7 Å². The summed E-state index contributed by atoms with van der Waals surface area (Å²) < 4.78 is 35.0. The number of ether oxygens (including phenoxy) is 3. The third-order valence-corrected chi connectivity index (χ3v) is 6.74. The van der Waals surface area contributed by atoms with Crippen LogP contribution in [0.3, 0.4) is 0 Å². The summed E-state index contributed by atoms with van der Waals surface area (Å²) in [4.78, 5) is 30.8. The first-order chi connectivity index (χ1) is 19.2. The maximum absolute atomic E-state index is 15.3. The Kier molecular flexibility index (Phi) is 7.00. The Labute approximate surface area is 229 Å². The fraction of sp³-hybridized carbons (Fsp3) is 0.167. The molecule has 0 saturated heterocycles. The van der Waals surface area contributed by atoms with Gasteiger partial charge in [0.25, 0.3) is 11.5 Å². The van der Waals surface area contributed by atoms with Crippen molar-refractivity contribution < 1.29 is 23.4 Å². The standard InChI is InChI=1S/C30H27FN4O5/c1-17-13-25(40-24-11-12-32-23-16-27(39-5)26(38-4)14-20(23)24)21(31)15-22(17)33-29(36)28-18(2)34(3)35(30(28)37)19-9-7-6-8-10-19/h6-16H,1-5H3,(H,33,36). The second-order valence-electron chi connectivity index (χ2n) is 9.12. The normalized spacial score (nSPS) is 10.9. The lowest BCUT2D eigenvalue weighted by molar-refractivity contribution is 0.102. The van der Waals surface area contributed by atoms with Crippen LogP contribution in [0.4, 0.5) is 10.1 Å². The van der Waals surface area contributed by atoms with Gasteiger partial charge < -0.3 is 19.5 Å². The molecule has 204 valence electrons. The van der Waals surface area contributed by atoms with Crippen molar-refractivity contribution in [3.8, 4) is 28.7 Å². The third kappa shape index (κ3) is 4.64. The number of para-hydroxylation sites is 1. The van der Waals surface area contributed by atoms with Crippen LogP contribution in [0.1, 0.15) is 21.6 Å². The van der Waals surface area contributed by atoms with E-state index in [2.05, 4.69) is 10.3 Å². The first kappa shape index (κ1) is 26.5. The molecule has 0 aliphatic carbocycles. The summed E-state index contributed by atoms with van der Waals surface area (Å²) in [6.07, 6.45) is 1.55. The molecular weight excluding hydrogens is 515 g/mol. The number of carbonyl (C=O) groups excluding carboxylic acids is 1. The summed E-state index contributed by atoms with van der Waals surface area (Å²) in [6, 6.07) is 16.7. The molecule has 0 saturated carbocycles. The highest BCUT2D eigenvalue weighted by molar-refractivity contribution is 6.05. The molecule has 1 amide bonds. The number of methoxy groups -OCH3 is 2.